The molecule has 0 aliphatic carbocycles. The van der Waals surface area contributed by atoms with Gasteiger partial charge in [-0.05, 0) is 49.7 Å². The Morgan fingerprint density at radius 2 is 1.71 bits per heavy atom. The lowest BCUT2D eigenvalue weighted by atomic mass is 9.92. The molecule has 3 aromatic rings. The van der Waals surface area contributed by atoms with Gasteiger partial charge in [0.25, 0.3) is 5.91 Å². The lowest BCUT2D eigenvalue weighted by molar-refractivity contribution is -0.137. The molecular weight excluding hydrogens is 457 g/mol. The molecule has 1 heterocycles. The second-order valence-corrected chi connectivity index (χ2v) is 9.36. The zero-order valence-corrected chi connectivity index (χ0v) is 20.4. The molecule has 1 aromatic heterocycles. The first kappa shape index (κ1) is 26.0. The molecule has 0 unspecified atom stereocenters. The van der Waals surface area contributed by atoms with Crippen LogP contribution in [0, 0.1) is 6.92 Å². The molecule has 0 fully saturated rings. The van der Waals surface area contributed by atoms with Gasteiger partial charge < -0.3 is 10.2 Å². The van der Waals surface area contributed by atoms with Crippen molar-refractivity contribution in [3.05, 3.63) is 77.0 Å². The standard InChI is InChI=1S/C26H29F3N4O2/c1-6-32(24(35)18-10-8-11-19(14-18)26(27,28)29)16-23(34)30-22-15-21(25(3,4)5)31-33(22)20-12-7-9-17(2)13-20/h7-15H,6,16H2,1-5H3,(H,30,34). The summed E-state index contributed by atoms with van der Waals surface area (Å²) in [7, 11) is 0. The van der Waals surface area contributed by atoms with Crippen LogP contribution in [-0.4, -0.2) is 39.6 Å². The van der Waals surface area contributed by atoms with Gasteiger partial charge >= 0.3 is 6.18 Å². The van der Waals surface area contributed by atoms with Crippen molar-refractivity contribution in [1.29, 1.82) is 0 Å². The summed E-state index contributed by atoms with van der Waals surface area (Å²) in [5, 5.41) is 7.49. The number of benzene rings is 2. The number of likely N-dealkylation sites (N-methyl/N-ethyl adjacent to an activating group) is 1. The van der Waals surface area contributed by atoms with Gasteiger partial charge in [-0.25, -0.2) is 4.68 Å². The fourth-order valence-electron chi connectivity index (χ4n) is 3.49. The molecular formula is C26H29F3N4O2. The molecule has 0 aliphatic rings. The number of amides is 2. The number of anilines is 1. The van der Waals surface area contributed by atoms with Crippen LogP contribution in [-0.2, 0) is 16.4 Å². The summed E-state index contributed by atoms with van der Waals surface area (Å²) in [6.07, 6.45) is -4.57. The highest BCUT2D eigenvalue weighted by Gasteiger charge is 2.31. The highest BCUT2D eigenvalue weighted by atomic mass is 19.4. The van der Waals surface area contributed by atoms with Crippen LogP contribution in [0.2, 0.25) is 0 Å². The van der Waals surface area contributed by atoms with Crippen LogP contribution in [0.4, 0.5) is 19.0 Å². The minimum atomic E-state index is -4.57. The molecule has 2 amide bonds. The van der Waals surface area contributed by atoms with E-state index in [4.69, 9.17) is 0 Å². The van der Waals surface area contributed by atoms with Crippen molar-refractivity contribution in [1.82, 2.24) is 14.7 Å². The normalized spacial score (nSPS) is 11.9. The predicted molar refractivity (Wildman–Crippen MR) is 129 cm³/mol. The van der Waals surface area contributed by atoms with E-state index in [0.29, 0.717) is 5.82 Å². The molecule has 2 aromatic carbocycles. The first-order valence-corrected chi connectivity index (χ1v) is 11.2. The SMILES string of the molecule is CCN(CC(=O)Nc1cc(C(C)(C)C)nn1-c1cccc(C)c1)C(=O)c1cccc(C(F)(F)F)c1. The van der Waals surface area contributed by atoms with E-state index in [0.717, 1.165) is 29.1 Å². The largest absolute Gasteiger partial charge is 0.416 e. The molecule has 9 heteroatoms. The van der Waals surface area contributed by atoms with Gasteiger partial charge in [0, 0.05) is 23.6 Å². The second kappa shape index (κ2) is 9.93. The van der Waals surface area contributed by atoms with E-state index < -0.39 is 23.6 Å². The van der Waals surface area contributed by atoms with Gasteiger partial charge in [0.2, 0.25) is 5.91 Å². The maximum Gasteiger partial charge on any atom is 0.416 e. The zero-order valence-electron chi connectivity index (χ0n) is 20.4. The van der Waals surface area contributed by atoms with Gasteiger partial charge in [0.05, 0.1) is 16.9 Å². The van der Waals surface area contributed by atoms with Crippen molar-refractivity contribution in [3.63, 3.8) is 0 Å². The topological polar surface area (TPSA) is 67.2 Å². The minimum Gasteiger partial charge on any atom is -0.330 e. The third-order valence-electron chi connectivity index (χ3n) is 5.43. The van der Waals surface area contributed by atoms with Gasteiger partial charge in [0.1, 0.15) is 12.4 Å². The Balaban J connectivity index is 1.84. The summed E-state index contributed by atoms with van der Waals surface area (Å²) in [5.41, 5.74) is 1.24. The Bertz CT molecular complexity index is 1230. The number of aryl methyl sites for hydroxylation is 1. The van der Waals surface area contributed by atoms with Crippen LogP contribution >= 0.6 is 0 Å². The summed E-state index contributed by atoms with van der Waals surface area (Å²) < 4.78 is 40.8. The molecule has 3 rings (SSSR count). The Hall–Kier alpha value is -3.62. The predicted octanol–water partition coefficient (Wildman–Crippen LogP) is 5.60. The van der Waals surface area contributed by atoms with E-state index in [9.17, 15) is 22.8 Å². The van der Waals surface area contributed by atoms with Crippen molar-refractivity contribution in [2.45, 2.75) is 46.2 Å². The van der Waals surface area contributed by atoms with Crippen LogP contribution in [0.3, 0.4) is 0 Å². The van der Waals surface area contributed by atoms with Crippen molar-refractivity contribution in [2.75, 3.05) is 18.4 Å². The first-order valence-electron chi connectivity index (χ1n) is 11.2. The fourth-order valence-corrected chi connectivity index (χ4v) is 3.49. The average molecular weight is 487 g/mol. The van der Waals surface area contributed by atoms with E-state index in [1.54, 1.807) is 17.7 Å². The molecule has 0 atom stereocenters. The van der Waals surface area contributed by atoms with Crippen molar-refractivity contribution in [2.24, 2.45) is 0 Å². The first-order chi connectivity index (χ1) is 16.3. The van der Waals surface area contributed by atoms with Gasteiger partial charge in [-0.1, -0.05) is 39.0 Å². The number of halogens is 3. The van der Waals surface area contributed by atoms with E-state index >= 15 is 0 Å². The summed E-state index contributed by atoms with van der Waals surface area (Å²) in [5.74, 6) is -0.703. The molecule has 35 heavy (non-hydrogen) atoms. The average Bonchev–Trinajstić information content (AvgIpc) is 3.21. The summed E-state index contributed by atoms with van der Waals surface area (Å²) >= 11 is 0. The molecule has 0 saturated carbocycles. The lowest BCUT2D eigenvalue weighted by Gasteiger charge is -2.21. The molecule has 0 bridgehead atoms. The maximum atomic E-state index is 13.1. The maximum absolute atomic E-state index is 13.1. The Labute approximate surface area is 202 Å². The number of nitrogens with one attached hydrogen (secondary N) is 1. The van der Waals surface area contributed by atoms with Crippen LogP contribution in [0.15, 0.2) is 54.6 Å². The summed E-state index contributed by atoms with van der Waals surface area (Å²) in [6, 6.07) is 13.6. The van der Waals surface area contributed by atoms with E-state index in [2.05, 4.69) is 10.4 Å². The van der Waals surface area contributed by atoms with Crippen LogP contribution in [0.1, 0.15) is 54.9 Å². The molecule has 6 nitrogen and oxygen atoms in total. The van der Waals surface area contributed by atoms with Gasteiger partial charge in [-0.2, -0.15) is 18.3 Å². The van der Waals surface area contributed by atoms with Crippen molar-refractivity contribution < 1.29 is 22.8 Å². The quantitative estimate of drug-likeness (QED) is 0.493. The number of hydrogen-bond acceptors (Lipinski definition) is 3. The monoisotopic (exact) mass is 486 g/mol. The Morgan fingerprint density at radius 1 is 1.03 bits per heavy atom. The Morgan fingerprint density at radius 3 is 2.31 bits per heavy atom. The van der Waals surface area contributed by atoms with Crippen molar-refractivity contribution in [3.8, 4) is 5.69 Å². The minimum absolute atomic E-state index is 0.130. The lowest BCUT2D eigenvalue weighted by Crippen LogP contribution is -2.38. The number of nitrogens with zero attached hydrogens (tertiary/aromatic N) is 3. The zero-order chi connectivity index (χ0) is 26.0. The highest BCUT2D eigenvalue weighted by Crippen LogP contribution is 2.30. The number of alkyl halides is 3. The van der Waals surface area contributed by atoms with E-state index in [-0.39, 0.29) is 24.1 Å². The van der Waals surface area contributed by atoms with E-state index in [1.165, 1.54) is 17.0 Å². The molecule has 0 radical (unpaired) electrons. The number of carbonyl (C=O) groups is 2. The van der Waals surface area contributed by atoms with Gasteiger partial charge in [0.15, 0.2) is 0 Å². The molecule has 1 N–H and O–H groups in total. The van der Waals surface area contributed by atoms with Crippen molar-refractivity contribution >= 4 is 17.6 Å². The molecule has 186 valence electrons. The molecule has 0 aliphatic heterocycles. The molecule has 0 saturated heterocycles. The van der Waals surface area contributed by atoms with Crippen LogP contribution in [0.5, 0.6) is 0 Å². The number of hydrogen-bond donors (Lipinski definition) is 1. The third kappa shape index (κ3) is 6.29. The second-order valence-electron chi connectivity index (χ2n) is 9.36. The number of carbonyl (C=O) groups excluding carboxylic acids is 2. The fraction of sp³-hybridized carbons (Fsp3) is 0.346. The molecule has 0 spiro atoms. The summed E-state index contributed by atoms with van der Waals surface area (Å²) in [4.78, 5) is 27.0. The summed E-state index contributed by atoms with van der Waals surface area (Å²) in [6.45, 7) is 9.46. The van der Waals surface area contributed by atoms with Crippen LogP contribution in [0.25, 0.3) is 5.69 Å². The van der Waals surface area contributed by atoms with Gasteiger partial charge in [-0.15, -0.1) is 0 Å². The third-order valence-corrected chi connectivity index (χ3v) is 5.43. The number of aromatic nitrogens is 2. The Kier molecular flexibility index (Phi) is 7.38. The van der Waals surface area contributed by atoms with Crippen LogP contribution < -0.4 is 5.32 Å². The number of rotatable bonds is 6. The van der Waals surface area contributed by atoms with E-state index in [1.807, 2.05) is 52.0 Å². The highest BCUT2D eigenvalue weighted by molar-refractivity contribution is 5.99. The smallest absolute Gasteiger partial charge is 0.330 e. The van der Waals surface area contributed by atoms with Gasteiger partial charge in [-0.3, -0.25) is 9.59 Å².